The van der Waals surface area contributed by atoms with Crippen LogP contribution in [0.15, 0.2) is 16.6 Å². The van der Waals surface area contributed by atoms with Crippen LogP contribution in [-0.2, 0) is 0 Å². The molecule has 0 atom stereocenters. The fourth-order valence-corrected chi connectivity index (χ4v) is 0.898. The first-order valence-electron chi connectivity index (χ1n) is 4.34. The van der Waals surface area contributed by atoms with E-state index in [9.17, 15) is 0 Å². The number of rotatable bonds is 4. The quantitative estimate of drug-likeness (QED) is 0.550. The van der Waals surface area contributed by atoms with Gasteiger partial charge in [0.05, 0.1) is 0 Å². The molecule has 0 amide bonds. The minimum Gasteiger partial charge on any atom is -0.296 e. The van der Waals surface area contributed by atoms with E-state index in [-0.39, 0.29) is 0 Å². The van der Waals surface area contributed by atoms with Crippen molar-refractivity contribution in [3.8, 4) is 0 Å². The van der Waals surface area contributed by atoms with Crippen molar-refractivity contribution < 1.29 is 0 Å². The van der Waals surface area contributed by atoms with Crippen molar-refractivity contribution in [2.45, 2.75) is 33.6 Å². The molecular formula is C10H19N. The molecule has 0 radical (unpaired) electrons. The van der Waals surface area contributed by atoms with Gasteiger partial charge in [0.15, 0.2) is 0 Å². The Balaban J connectivity index is 4.08. The van der Waals surface area contributed by atoms with Gasteiger partial charge in [0.2, 0.25) is 0 Å². The van der Waals surface area contributed by atoms with Crippen molar-refractivity contribution in [1.82, 2.24) is 0 Å². The van der Waals surface area contributed by atoms with E-state index in [0.717, 1.165) is 0 Å². The molecule has 0 rings (SSSR count). The number of nitrogens with zero attached hydrogens (tertiary/aromatic N) is 1. The highest BCUT2D eigenvalue weighted by Crippen LogP contribution is 2.08. The van der Waals surface area contributed by atoms with Crippen LogP contribution in [0.5, 0.6) is 0 Å². The van der Waals surface area contributed by atoms with E-state index in [1.54, 1.807) is 0 Å². The molecular weight excluding hydrogens is 134 g/mol. The molecule has 1 heteroatoms. The minimum atomic E-state index is 0.602. The van der Waals surface area contributed by atoms with E-state index in [4.69, 9.17) is 0 Å². The van der Waals surface area contributed by atoms with E-state index in [1.165, 1.54) is 18.4 Å². The zero-order valence-corrected chi connectivity index (χ0v) is 8.09. The third-order valence-electron chi connectivity index (χ3n) is 1.61. The summed E-state index contributed by atoms with van der Waals surface area (Å²) in [5, 5.41) is 0. The summed E-state index contributed by atoms with van der Waals surface area (Å²) in [7, 11) is 1.82. The molecule has 64 valence electrons. The molecule has 0 aliphatic carbocycles. The Morgan fingerprint density at radius 1 is 1.45 bits per heavy atom. The molecule has 0 unspecified atom stereocenters. The fourth-order valence-electron chi connectivity index (χ4n) is 0.898. The van der Waals surface area contributed by atoms with Crippen molar-refractivity contribution in [2.75, 3.05) is 7.05 Å². The van der Waals surface area contributed by atoms with E-state index >= 15 is 0 Å². The van der Waals surface area contributed by atoms with Gasteiger partial charge in [-0.1, -0.05) is 33.3 Å². The van der Waals surface area contributed by atoms with Crippen LogP contribution >= 0.6 is 0 Å². The second-order valence-electron chi connectivity index (χ2n) is 3.03. The lowest BCUT2D eigenvalue weighted by molar-refractivity contribution is 0.794. The Morgan fingerprint density at radius 3 is 2.45 bits per heavy atom. The van der Waals surface area contributed by atoms with Crippen molar-refractivity contribution in [3.63, 3.8) is 0 Å². The first-order chi connectivity index (χ1) is 5.22. The molecule has 0 aromatic carbocycles. The lowest BCUT2D eigenvalue weighted by Crippen LogP contribution is -1.95. The van der Waals surface area contributed by atoms with Crippen LogP contribution in [0.25, 0.3) is 0 Å². The summed E-state index contributed by atoms with van der Waals surface area (Å²) in [5.41, 5.74) is 1.36. The second kappa shape index (κ2) is 6.14. The topological polar surface area (TPSA) is 12.4 Å². The molecule has 1 nitrogen and oxygen atoms in total. The second-order valence-corrected chi connectivity index (χ2v) is 3.03. The van der Waals surface area contributed by atoms with Gasteiger partial charge < -0.3 is 0 Å². The number of aliphatic imine (C=N–C) groups is 1. The van der Waals surface area contributed by atoms with Gasteiger partial charge in [-0.3, -0.25) is 4.99 Å². The summed E-state index contributed by atoms with van der Waals surface area (Å²) in [6.45, 7) is 6.59. The summed E-state index contributed by atoms with van der Waals surface area (Å²) < 4.78 is 0. The molecule has 0 aliphatic rings. The average Bonchev–Trinajstić information content (AvgIpc) is 1.97. The highest BCUT2D eigenvalue weighted by atomic mass is 14.6. The maximum atomic E-state index is 4.02. The Hall–Kier alpha value is -0.590. The summed E-state index contributed by atoms with van der Waals surface area (Å²) in [4.78, 5) is 4.02. The zero-order chi connectivity index (χ0) is 8.69. The molecule has 0 aromatic heterocycles. The maximum Gasteiger partial charge on any atom is 0.0277 e. The van der Waals surface area contributed by atoms with E-state index < -0.39 is 0 Å². The van der Waals surface area contributed by atoms with Crippen molar-refractivity contribution >= 4 is 6.21 Å². The zero-order valence-electron chi connectivity index (χ0n) is 8.09. The molecule has 0 fully saturated rings. The van der Waals surface area contributed by atoms with Crippen LogP contribution in [-0.4, -0.2) is 13.3 Å². The Morgan fingerprint density at radius 2 is 2.09 bits per heavy atom. The molecule has 0 saturated carbocycles. The van der Waals surface area contributed by atoms with Crippen LogP contribution in [0.1, 0.15) is 33.6 Å². The molecule has 0 spiro atoms. The SMILES string of the molecule is CCC/C=C(\C=N/C)C(C)C. The summed E-state index contributed by atoms with van der Waals surface area (Å²) >= 11 is 0. The first-order valence-corrected chi connectivity index (χ1v) is 4.34. The Kier molecular flexibility index (Phi) is 5.81. The lowest BCUT2D eigenvalue weighted by atomic mass is 10.0. The van der Waals surface area contributed by atoms with Crippen LogP contribution in [0.3, 0.4) is 0 Å². The molecule has 11 heavy (non-hydrogen) atoms. The summed E-state index contributed by atoms with van der Waals surface area (Å²) in [5.74, 6) is 0.602. The van der Waals surface area contributed by atoms with Crippen LogP contribution in [0.4, 0.5) is 0 Å². The predicted octanol–water partition coefficient (Wildman–Crippen LogP) is 3.07. The van der Waals surface area contributed by atoms with Crippen LogP contribution in [0, 0.1) is 5.92 Å². The van der Waals surface area contributed by atoms with Crippen molar-refractivity contribution in [1.29, 1.82) is 0 Å². The molecule has 0 heterocycles. The van der Waals surface area contributed by atoms with Gasteiger partial charge in [0.1, 0.15) is 0 Å². The highest BCUT2D eigenvalue weighted by molar-refractivity contribution is 5.78. The van der Waals surface area contributed by atoms with E-state index in [2.05, 4.69) is 31.8 Å². The fraction of sp³-hybridized carbons (Fsp3) is 0.700. The van der Waals surface area contributed by atoms with Gasteiger partial charge in [-0.25, -0.2) is 0 Å². The third kappa shape index (κ3) is 4.77. The smallest absolute Gasteiger partial charge is 0.0277 e. The Bertz CT molecular complexity index is 143. The molecule has 0 saturated heterocycles. The van der Waals surface area contributed by atoms with Crippen molar-refractivity contribution in [3.05, 3.63) is 11.6 Å². The highest BCUT2D eigenvalue weighted by Gasteiger charge is 1.97. The number of unbranched alkanes of at least 4 members (excludes halogenated alkanes) is 1. The monoisotopic (exact) mass is 153 g/mol. The van der Waals surface area contributed by atoms with Crippen LogP contribution < -0.4 is 0 Å². The average molecular weight is 153 g/mol. The lowest BCUT2D eigenvalue weighted by Gasteiger charge is -2.04. The Labute approximate surface area is 70.2 Å². The number of hydrogen-bond donors (Lipinski definition) is 0. The number of allylic oxidation sites excluding steroid dienone is 2. The van der Waals surface area contributed by atoms with E-state index in [0.29, 0.717) is 5.92 Å². The molecule has 0 aromatic rings. The third-order valence-corrected chi connectivity index (χ3v) is 1.61. The minimum absolute atomic E-state index is 0.602. The van der Waals surface area contributed by atoms with Crippen LogP contribution in [0.2, 0.25) is 0 Å². The normalized spacial score (nSPS) is 13.4. The summed E-state index contributed by atoms with van der Waals surface area (Å²) in [6.07, 6.45) is 6.62. The predicted molar refractivity (Wildman–Crippen MR) is 52.2 cm³/mol. The van der Waals surface area contributed by atoms with Gasteiger partial charge in [-0.2, -0.15) is 0 Å². The maximum absolute atomic E-state index is 4.02. The number of hydrogen-bond acceptors (Lipinski definition) is 1. The van der Waals surface area contributed by atoms with Gasteiger partial charge in [0, 0.05) is 13.3 Å². The van der Waals surface area contributed by atoms with Gasteiger partial charge in [-0.05, 0) is 17.9 Å². The summed E-state index contributed by atoms with van der Waals surface area (Å²) in [6, 6.07) is 0. The van der Waals surface area contributed by atoms with E-state index in [1.807, 2.05) is 13.3 Å². The standard InChI is InChI=1S/C10H19N/c1-5-6-7-10(8-11-4)9(2)3/h7-9H,5-6H2,1-4H3/b10-7+,11-8-. The molecule has 0 bridgehead atoms. The van der Waals surface area contributed by atoms with Crippen molar-refractivity contribution in [2.24, 2.45) is 10.9 Å². The molecule has 0 N–H and O–H groups in total. The largest absolute Gasteiger partial charge is 0.296 e. The molecule has 0 aliphatic heterocycles. The van der Waals surface area contributed by atoms with Gasteiger partial charge in [0.25, 0.3) is 0 Å². The first kappa shape index (κ1) is 10.4. The van der Waals surface area contributed by atoms with Gasteiger partial charge >= 0.3 is 0 Å². The van der Waals surface area contributed by atoms with Gasteiger partial charge in [-0.15, -0.1) is 0 Å².